The molecule has 1 aliphatic rings. The zero-order valence-corrected chi connectivity index (χ0v) is 10.7. The lowest BCUT2D eigenvalue weighted by atomic mass is 9.96. The number of rotatable bonds is 3. The molecule has 19 heavy (non-hydrogen) atoms. The maximum absolute atomic E-state index is 5.85. The summed E-state index contributed by atoms with van der Waals surface area (Å²) >= 11 is 0. The van der Waals surface area contributed by atoms with E-state index in [9.17, 15) is 0 Å². The highest BCUT2D eigenvalue weighted by Gasteiger charge is 2.22. The van der Waals surface area contributed by atoms with Crippen LogP contribution in [0.4, 0.5) is 0 Å². The van der Waals surface area contributed by atoms with Crippen LogP contribution in [0.3, 0.4) is 0 Å². The lowest BCUT2D eigenvalue weighted by molar-refractivity contribution is 0.0839. The first kappa shape index (κ1) is 12.1. The minimum atomic E-state index is 0.376. The number of hydrogen-bond donors (Lipinski definition) is 0. The molecule has 2 aromatic rings. The number of ether oxygens (including phenoxy) is 2. The van der Waals surface area contributed by atoms with E-state index in [0.717, 1.165) is 37.5 Å². The maximum atomic E-state index is 5.85. The molecular formula is C15H16N2O2. The Hall–Kier alpha value is -1.94. The van der Waals surface area contributed by atoms with Crippen molar-refractivity contribution in [3.05, 3.63) is 48.4 Å². The highest BCUT2D eigenvalue weighted by molar-refractivity contribution is 5.30. The summed E-state index contributed by atoms with van der Waals surface area (Å²) in [6.45, 7) is 1.57. The second-order valence-corrected chi connectivity index (χ2v) is 4.55. The molecular weight excluding hydrogens is 240 g/mol. The Morgan fingerprint density at radius 1 is 1.00 bits per heavy atom. The fraction of sp³-hybridized carbons (Fsp3) is 0.333. The molecule has 2 heterocycles. The van der Waals surface area contributed by atoms with Crippen molar-refractivity contribution >= 4 is 0 Å². The first-order valence-electron chi connectivity index (χ1n) is 6.55. The van der Waals surface area contributed by atoms with Crippen molar-refractivity contribution in [3.63, 3.8) is 0 Å². The summed E-state index contributed by atoms with van der Waals surface area (Å²) in [5.74, 6) is 1.78. The molecule has 3 rings (SSSR count). The molecule has 1 saturated heterocycles. The van der Waals surface area contributed by atoms with Gasteiger partial charge < -0.3 is 9.47 Å². The van der Waals surface area contributed by atoms with Crippen LogP contribution in [0.5, 0.6) is 11.6 Å². The molecule has 0 unspecified atom stereocenters. The smallest absolute Gasteiger partial charge is 0.241 e. The van der Waals surface area contributed by atoms with Crippen molar-refractivity contribution in [2.45, 2.75) is 18.8 Å². The highest BCUT2D eigenvalue weighted by Crippen LogP contribution is 2.32. The summed E-state index contributed by atoms with van der Waals surface area (Å²) in [5, 5.41) is 0. The van der Waals surface area contributed by atoms with E-state index in [1.54, 1.807) is 12.4 Å². The molecule has 4 nitrogen and oxygen atoms in total. The van der Waals surface area contributed by atoms with Crippen molar-refractivity contribution in [2.75, 3.05) is 13.2 Å². The molecule has 0 saturated carbocycles. The molecule has 0 aliphatic carbocycles. The van der Waals surface area contributed by atoms with Gasteiger partial charge >= 0.3 is 0 Å². The Labute approximate surface area is 112 Å². The monoisotopic (exact) mass is 256 g/mol. The van der Waals surface area contributed by atoms with Crippen molar-refractivity contribution < 1.29 is 9.47 Å². The number of benzene rings is 1. The summed E-state index contributed by atoms with van der Waals surface area (Å²) in [6.07, 6.45) is 5.34. The topological polar surface area (TPSA) is 44.2 Å². The number of hydrogen-bond acceptors (Lipinski definition) is 4. The molecule has 0 N–H and O–H groups in total. The Balaban J connectivity index is 1.84. The molecule has 4 heteroatoms. The normalized spacial score (nSPS) is 16.2. The third-order valence-electron chi connectivity index (χ3n) is 3.26. The van der Waals surface area contributed by atoms with Crippen LogP contribution in [0, 0.1) is 0 Å². The van der Waals surface area contributed by atoms with Crippen LogP contribution in [0.1, 0.15) is 24.5 Å². The second-order valence-electron chi connectivity index (χ2n) is 4.55. The van der Waals surface area contributed by atoms with Gasteiger partial charge in [-0.15, -0.1) is 0 Å². The molecule has 1 aliphatic heterocycles. The molecule has 1 aromatic carbocycles. The number of aromatic nitrogens is 2. The maximum Gasteiger partial charge on any atom is 0.241 e. The fourth-order valence-electron chi connectivity index (χ4n) is 2.27. The van der Waals surface area contributed by atoms with Gasteiger partial charge in [0, 0.05) is 31.5 Å². The Bertz CT molecular complexity index is 525. The van der Waals surface area contributed by atoms with Crippen LogP contribution in [-0.2, 0) is 4.74 Å². The van der Waals surface area contributed by atoms with Gasteiger partial charge in [0.1, 0.15) is 11.4 Å². The van der Waals surface area contributed by atoms with Crippen LogP contribution in [0.2, 0.25) is 0 Å². The number of para-hydroxylation sites is 1. The first-order chi connectivity index (χ1) is 9.43. The summed E-state index contributed by atoms with van der Waals surface area (Å²) in [7, 11) is 0. The standard InChI is InChI=1S/C15H16N2O2/c1-2-4-13(5-3-1)19-15-14(16-8-9-17-15)12-6-10-18-11-7-12/h1-5,8-9,12H,6-7,10-11H2. The fourth-order valence-corrected chi connectivity index (χ4v) is 2.27. The van der Waals surface area contributed by atoms with E-state index in [0.29, 0.717) is 11.8 Å². The molecule has 0 spiro atoms. The van der Waals surface area contributed by atoms with E-state index >= 15 is 0 Å². The minimum Gasteiger partial charge on any atom is -0.437 e. The summed E-state index contributed by atoms with van der Waals surface area (Å²) < 4.78 is 11.2. The van der Waals surface area contributed by atoms with E-state index in [-0.39, 0.29) is 0 Å². The predicted molar refractivity (Wildman–Crippen MR) is 71.3 cm³/mol. The van der Waals surface area contributed by atoms with Gasteiger partial charge in [0.2, 0.25) is 5.88 Å². The summed E-state index contributed by atoms with van der Waals surface area (Å²) in [4.78, 5) is 8.78. The zero-order valence-electron chi connectivity index (χ0n) is 10.7. The van der Waals surface area contributed by atoms with Crippen molar-refractivity contribution in [2.24, 2.45) is 0 Å². The van der Waals surface area contributed by atoms with Gasteiger partial charge in [0.05, 0.1) is 0 Å². The Kier molecular flexibility index (Phi) is 3.70. The Morgan fingerprint density at radius 2 is 1.74 bits per heavy atom. The van der Waals surface area contributed by atoms with Crippen molar-refractivity contribution in [1.29, 1.82) is 0 Å². The third-order valence-corrected chi connectivity index (χ3v) is 3.26. The van der Waals surface area contributed by atoms with E-state index in [2.05, 4.69) is 9.97 Å². The highest BCUT2D eigenvalue weighted by atomic mass is 16.5. The molecule has 0 amide bonds. The Morgan fingerprint density at radius 3 is 2.53 bits per heavy atom. The van der Waals surface area contributed by atoms with Crippen LogP contribution in [-0.4, -0.2) is 23.2 Å². The van der Waals surface area contributed by atoms with E-state index in [4.69, 9.17) is 9.47 Å². The van der Waals surface area contributed by atoms with Crippen molar-refractivity contribution in [3.8, 4) is 11.6 Å². The number of nitrogens with zero attached hydrogens (tertiary/aromatic N) is 2. The summed E-state index contributed by atoms with van der Waals surface area (Å²) in [5.41, 5.74) is 0.939. The van der Waals surface area contributed by atoms with Gasteiger partial charge in [-0.05, 0) is 25.0 Å². The largest absolute Gasteiger partial charge is 0.437 e. The third kappa shape index (κ3) is 2.90. The van der Waals surface area contributed by atoms with Crippen LogP contribution in [0.25, 0.3) is 0 Å². The SMILES string of the molecule is c1ccc(Oc2nccnc2C2CCOCC2)cc1. The van der Waals surface area contributed by atoms with Gasteiger partial charge in [0.25, 0.3) is 0 Å². The van der Waals surface area contributed by atoms with Crippen LogP contribution >= 0.6 is 0 Å². The van der Waals surface area contributed by atoms with Gasteiger partial charge in [-0.3, -0.25) is 4.98 Å². The lowest BCUT2D eigenvalue weighted by Crippen LogP contribution is -2.16. The molecule has 1 fully saturated rings. The minimum absolute atomic E-state index is 0.376. The predicted octanol–water partition coefficient (Wildman–Crippen LogP) is 3.16. The summed E-state index contributed by atoms with van der Waals surface area (Å²) in [6, 6.07) is 9.69. The molecule has 0 radical (unpaired) electrons. The van der Waals surface area contributed by atoms with Crippen molar-refractivity contribution in [1.82, 2.24) is 9.97 Å². The lowest BCUT2D eigenvalue weighted by Gasteiger charge is -2.22. The van der Waals surface area contributed by atoms with Crippen LogP contribution < -0.4 is 4.74 Å². The molecule has 0 atom stereocenters. The van der Waals surface area contributed by atoms with Gasteiger partial charge in [-0.25, -0.2) is 4.98 Å². The van der Waals surface area contributed by atoms with E-state index < -0.39 is 0 Å². The van der Waals surface area contributed by atoms with Gasteiger partial charge in [-0.2, -0.15) is 0 Å². The zero-order chi connectivity index (χ0) is 12.9. The van der Waals surface area contributed by atoms with E-state index in [1.807, 2.05) is 30.3 Å². The average molecular weight is 256 g/mol. The van der Waals surface area contributed by atoms with Gasteiger partial charge in [0.15, 0.2) is 0 Å². The molecule has 98 valence electrons. The second kappa shape index (κ2) is 5.80. The first-order valence-corrected chi connectivity index (χ1v) is 6.55. The molecule has 0 bridgehead atoms. The molecule has 1 aromatic heterocycles. The average Bonchev–Trinajstić information content (AvgIpc) is 2.50. The van der Waals surface area contributed by atoms with Gasteiger partial charge in [-0.1, -0.05) is 18.2 Å². The van der Waals surface area contributed by atoms with Crippen LogP contribution in [0.15, 0.2) is 42.7 Å². The quantitative estimate of drug-likeness (QED) is 0.846. The van der Waals surface area contributed by atoms with E-state index in [1.165, 1.54) is 0 Å².